The second kappa shape index (κ2) is 5.05. The van der Waals surface area contributed by atoms with Crippen LogP contribution in [0.3, 0.4) is 0 Å². The third-order valence-corrected chi connectivity index (χ3v) is 3.69. The SMILES string of the molecule is N=C1C(c2ccccc2)=C(O)CN1C[C@@H]1CCCO1. The zero-order valence-corrected chi connectivity index (χ0v) is 10.8. The summed E-state index contributed by atoms with van der Waals surface area (Å²) in [5, 5.41) is 18.4. The van der Waals surface area contributed by atoms with Crippen LogP contribution in [0, 0.1) is 5.41 Å². The fourth-order valence-corrected chi connectivity index (χ4v) is 2.73. The smallest absolute Gasteiger partial charge is 0.132 e. The highest BCUT2D eigenvalue weighted by Crippen LogP contribution is 2.28. The van der Waals surface area contributed by atoms with Crippen LogP contribution >= 0.6 is 0 Å². The van der Waals surface area contributed by atoms with Crippen molar-refractivity contribution in [2.24, 2.45) is 0 Å². The van der Waals surface area contributed by atoms with Crippen molar-refractivity contribution in [1.82, 2.24) is 4.90 Å². The summed E-state index contributed by atoms with van der Waals surface area (Å²) in [6.07, 6.45) is 2.34. The van der Waals surface area contributed by atoms with Crippen molar-refractivity contribution >= 4 is 11.4 Å². The lowest BCUT2D eigenvalue weighted by Gasteiger charge is -2.22. The van der Waals surface area contributed by atoms with Crippen LogP contribution in [-0.2, 0) is 4.74 Å². The van der Waals surface area contributed by atoms with Crippen LogP contribution in [0.4, 0.5) is 0 Å². The highest BCUT2D eigenvalue weighted by Gasteiger charge is 2.30. The number of aliphatic hydroxyl groups excluding tert-OH is 1. The van der Waals surface area contributed by atoms with Gasteiger partial charge in [0.1, 0.15) is 11.6 Å². The third-order valence-electron chi connectivity index (χ3n) is 3.69. The van der Waals surface area contributed by atoms with Gasteiger partial charge in [0.2, 0.25) is 0 Å². The summed E-state index contributed by atoms with van der Waals surface area (Å²) in [7, 11) is 0. The number of hydrogen-bond donors (Lipinski definition) is 2. The van der Waals surface area contributed by atoms with Gasteiger partial charge in [0.05, 0.1) is 18.2 Å². The molecule has 0 bridgehead atoms. The molecule has 2 N–H and O–H groups in total. The van der Waals surface area contributed by atoms with Crippen molar-refractivity contribution in [3.8, 4) is 0 Å². The number of hydrogen-bond acceptors (Lipinski definition) is 3. The number of ether oxygens (including phenoxy) is 1. The highest BCUT2D eigenvalue weighted by atomic mass is 16.5. The molecule has 2 heterocycles. The van der Waals surface area contributed by atoms with Crippen molar-refractivity contribution < 1.29 is 9.84 Å². The first-order valence-electron chi connectivity index (χ1n) is 6.68. The van der Waals surface area contributed by atoms with E-state index in [1.165, 1.54) is 0 Å². The van der Waals surface area contributed by atoms with Crippen molar-refractivity contribution in [2.45, 2.75) is 18.9 Å². The summed E-state index contributed by atoms with van der Waals surface area (Å²) in [5.74, 6) is 0.688. The average molecular weight is 258 g/mol. The first-order valence-corrected chi connectivity index (χ1v) is 6.68. The maximum atomic E-state index is 10.1. The van der Waals surface area contributed by atoms with Crippen molar-refractivity contribution in [3.05, 3.63) is 41.7 Å². The summed E-state index contributed by atoms with van der Waals surface area (Å²) in [4.78, 5) is 1.90. The molecule has 0 saturated carbocycles. The zero-order valence-electron chi connectivity index (χ0n) is 10.8. The molecule has 2 aliphatic heterocycles. The van der Waals surface area contributed by atoms with Crippen molar-refractivity contribution in [1.29, 1.82) is 5.41 Å². The number of nitrogens with one attached hydrogen (secondary N) is 1. The molecular weight excluding hydrogens is 240 g/mol. The van der Waals surface area contributed by atoms with Gasteiger partial charge >= 0.3 is 0 Å². The van der Waals surface area contributed by atoms with E-state index in [1.54, 1.807) is 0 Å². The second-order valence-corrected chi connectivity index (χ2v) is 5.05. The van der Waals surface area contributed by atoms with Gasteiger partial charge in [0, 0.05) is 13.2 Å². The predicted molar refractivity (Wildman–Crippen MR) is 74.3 cm³/mol. The average Bonchev–Trinajstić information content (AvgIpc) is 3.01. The Kier molecular flexibility index (Phi) is 3.25. The molecule has 100 valence electrons. The first kappa shape index (κ1) is 12.2. The van der Waals surface area contributed by atoms with Gasteiger partial charge < -0.3 is 14.7 Å². The normalized spacial score (nSPS) is 23.5. The van der Waals surface area contributed by atoms with E-state index in [0.717, 1.165) is 25.0 Å². The molecule has 0 aliphatic carbocycles. The van der Waals surface area contributed by atoms with Gasteiger partial charge in [-0.2, -0.15) is 0 Å². The molecule has 3 rings (SSSR count). The molecule has 4 heteroatoms. The summed E-state index contributed by atoms with van der Waals surface area (Å²) < 4.78 is 5.60. The quantitative estimate of drug-likeness (QED) is 0.875. The number of amidine groups is 1. The molecule has 1 saturated heterocycles. The number of rotatable bonds is 3. The summed E-state index contributed by atoms with van der Waals surface area (Å²) in [5.41, 5.74) is 1.55. The maximum absolute atomic E-state index is 10.1. The first-order chi connectivity index (χ1) is 9.25. The molecule has 2 aliphatic rings. The Labute approximate surface area is 112 Å². The third kappa shape index (κ3) is 2.36. The fourth-order valence-electron chi connectivity index (χ4n) is 2.73. The Bertz CT molecular complexity index is 504. The van der Waals surface area contributed by atoms with Gasteiger partial charge in [-0.15, -0.1) is 0 Å². The molecule has 4 nitrogen and oxygen atoms in total. The lowest BCUT2D eigenvalue weighted by Crippen LogP contribution is -2.34. The van der Waals surface area contributed by atoms with E-state index in [2.05, 4.69) is 0 Å². The molecule has 1 aromatic rings. The Morgan fingerprint density at radius 2 is 2.11 bits per heavy atom. The summed E-state index contributed by atoms with van der Waals surface area (Å²) >= 11 is 0. The van der Waals surface area contributed by atoms with Crippen LogP contribution < -0.4 is 0 Å². The predicted octanol–water partition coefficient (Wildman–Crippen LogP) is 2.43. The standard InChI is InChI=1S/C15H18N2O2/c16-15-14(11-5-2-1-3-6-11)13(18)10-17(15)9-12-7-4-8-19-12/h1-3,5-6,12,16,18H,4,7-10H2/t12-/m0/s1. The molecule has 0 radical (unpaired) electrons. The molecule has 0 unspecified atom stereocenters. The highest BCUT2D eigenvalue weighted by molar-refractivity contribution is 6.23. The maximum Gasteiger partial charge on any atom is 0.132 e. The molecule has 0 aromatic heterocycles. The fraction of sp³-hybridized carbons (Fsp3) is 0.400. The minimum Gasteiger partial charge on any atom is -0.510 e. The molecule has 0 spiro atoms. The second-order valence-electron chi connectivity index (χ2n) is 5.05. The van der Waals surface area contributed by atoms with E-state index < -0.39 is 0 Å². The van der Waals surface area contributed by atoms with Crippen LogP contribution in [0.25, 0.3) is 5.57 Å². The van der Waals surface area contributed by atoms with Crippen molar-refractivity contribution in [3.63, 3.8) is 0 Å². The van der Waals surface area contributed by atoms with Gasteiger partial charge in [-0.05, 0) is 18.4 Å². The summed E-state index contributed by atoms with van der Waals surface area (Å²) in [6.45, 7) is 1.93. The van der Waals surface area contributed by atoms with Crippen LogP contribution in [0.5, 0.6) is 0 Å². The molecule has 19 heavy (non-hydrogen) atoms. The van der Waals surface area contributed by atoms with Gasteiger partial charge in [-0.25, -0.2) is 0 Å². The topological polar surface area (TPSA) is 56.5 Å². The van der Waals surface area contributed by atoms with Crippen molar-refractivity contribution in [2.75, 3.05) is 19.7 Å². The van der Waals surface area contributed by atoms with E-state index in [9.17, 15) is 5.11 Å². The van der Waals surface area contributed by atoms with Crippen LogP contribution in [0.15, 0.2) is 36.1 Å². The van der Waals surface area contributed by atoms with E-state index >= 15 is 0 Å². The zero-order chi connectivity index (χ0) is 13.2. The Morgan fingerprint density at radius 3 is 2.79 bits per heavy atom. The Hall–Kier alpha value is -1.81. The van der Waals surface area contributed by atoms with E-state index in [1.807, 2.05) is 35.2 Å². The molecule has 1 atom stereocenters. The summed E-state index contributed by atoms with van der Waals surface area (Å²) in [6, 6.07) is 9.63. The largest absolute Gasteiger partial charge is 0.510 e. The van der Waals surface area contributed by atoms with Gasteiger partial charge in [0.15, 0.2) is 0 Å². The molecule has 1 fully saturated rings. The van der Waals surface area contributed by atoms with E-state index in [-0.39, 0.29) is 11.9 Å². The minimum absolute atomic E-state index is 0.197. The Balaban J connectivity index is 1.76. The monoisotopic (exact) mass is 258 g/mol. The lowest BCUT2D eigenvalue weighted by atomic mass is 10.1. The molecular formula is C15H18N2O2. The van der Waals surface area contributed by atoms with Crippen LogP contribution in [-0.4, -0.2) is 41.6 Å². The number of aliphatic hydroxyl groups is 1. The minimum atomic E-state index is 0.197. The van der Waals surface area contributed by atoms with Gasteiger partial charge in [-0.1, -0.05) is 30.3 Å². The molecule has 0 amide bonds. The lowest BCUT2D eigenvalue weighted by molar-refractivity contribution is 0.0924. The molecule has 1 aromatic carbocycles. The van der Waals surface area contributed by atoms with Crippen LogP contribution in [0.2, 0.25) is 0 Å². The van der Waals surface area contributed by atoms with Gasteiger partial charge in [0.25, 0.3) is 0 Å². The number of benzene rings is 1. The van der Waals surface area contributed by atoms with E-state index in [0.29, 0.717) is 24.5 Å². The Morgan fingerprint density at radius 1 is 1.32 bits per heavy atom. The van der Waals surface area contributed by atoms with Crippen LogP contribution in [0.1, 0.15) is 18.4 Å². The van der Waals surface area contributed by atoms with Gasteiger partial charge in [-0.3, -0.25) is 5.41 Å². The van der Waals surface area contributed by atoms with E-state index in [4.69, 9.17) is 10.1 Å². The number of nitrogens with zero attached hydrogens (tertiary/aromatic N) is 1.